The van der Waals surface area contributed by atoms with Gasteiger partial charge in [0.1, 0.15) is 6.61 Å². The van der Waals surface area contributed by atoms with Gasteiger partial charge in [0.15, 0.2) is 11.5 Å². The molecular formula is C15H22ClNO2. The zero-order valence-corrected chi connectivity index (χ0v) is 12.2. The predicted molar refractivity (Wildman–Crippen MR) is 78.4 cm³/mol. The normalized spacial score (nSPS) is 19.6. The number of benzene rings is 1. The molecule has 19 heavy (non-hydrogen) atoms. The molecule has 1 heterocycles. The molecule has 0 bridgehead atoms. The topological polar surface area (TPSA) is 21.7 Å². The van der Waals surface area contributed by atoms with E-state index in [4.69, 9.17) is 21.1 Å². The summed E-state index contributed by atoms with van der Waals surface area (Å²) in [5, 5.41) is 0. The van der Waals surface area contributed by atoms with Crippen LogP contribution < -0.4 is 9.47 Å². The van der Waals surface area contributed by atoms with E-state index in [1.54, 1.807) is 7.11 Å². The number of hydrogen-bond donors (Lipinski definition) is 0. The summed E-state index contributed by atoms with van der Waals surface area (Å²) in [6.07, 6.45) is 2.40. The smallest absolute Gasteiger partial charge is 0.161 e. The van der Waals surface area contributed by atoms with Gasteiger partial charge in [-0.1, -0.05) is 12.1 Å². The van der Waals surface area contributed by atoms with Crippen LogP contribution in [0.3, 0.4) is 0 Å². The van der Waals surface area contributed by atoms with E-state index < -0.39 is 0 Å². The van der Waals surface area contributed by atoms with Gasteiger partial charge in [0.05, 0.1) is 7.11 Å². The van der Waals surface area contributed by atoms with E-state index >= 15 is 0 Å². The highest BCUT2D eigenvalue weighted by Crippen LogP contribution is 2.26. The van der Waals surface area contributed by atoms with Crippen molar-refractivity contribution in [1.82, 2.24) is 4.90 Å². The molecular weight excluding hydrogens is 262 g/mol. The van der Waals surface area contributed by atoms with E-state index in [1.165, 1.54) is 6.42 Å². The van der Waals surface area contributed by atoms with Crippen molar-refractivity contribution in [3.8, 4) is 11.5 Å². The highest BCUT2D eigenvalue weighted by Gasteiger charge is 2.21. The molecule has 3 nitrogen and oxygen atoms in total. The number of methoxy groups -OCH3 is 1. The Kier molecular flexibility index (Phi) is 5.80. The van der Waals surface area contributed by atoms with Crippen LogP contribution in [0.4, 0.5) is 0 Å². The molecule has 0 radical (unpaired) electrons. The molecule has 1 atom stereocenters. The maximum absolute atomic E-state index is 5.79. The van der Waals surface area contributed by atoms with Gasteiger partial charge in [-0.25, -0.2) is 0 Å². The molecule has 1 fully saturated rings. The molecule has 4 heteroatoms. The Morgan fingerprint density at radius 1 is 1.32 bits per heavy atom. The molecule has 1 aliphatic rings. The number of alkyl halides is 1. The highest BCUT2D eigenvalue weighted by atomic mass is 35.5. The van der Waals surface area contributed by atoms with Crippen molar-refractivity contribution in [3.63, 3.8) is 0 Å². The summed E-state index contributed by atoms with van der Waals surface area (Å²) in [6.45, 7) is 3.99. The third kappa shape index (κ3) is 4.29. The second-order valence-corrected chi connectivity index (χ2v) is 5.31. The Hall–Kier alpha value is -0.930. The van der Waals surface area contributed by atoms with Crippen LogP contribution >= 0.6 is 11.6 Å². The van der Waals surface area contributed by atoms with Crippen molar-refractivity contribution in [2.45, 2.75) is 12.8 Å². The number of likely N-dealkylation sites (tertiary alicyclic amines) is 1. The Balaban J connectivity index is 1.72. The molecule has 1 aliphatic heterocycles. The molecule has 0 amide bonds. The molecule has 106 valence electrons. The fourth-order valence-electron chi connectivity index (χ4n) is 2.53. The van der Waals surface area contributed by atoms with Crippen LogP contribution in [0.15, 0.2) is 24.3 Å². The quantitative estimate of drug-likeness (QED) is 0.718. The lowest BCUT2D eigenvalue weighted by Crippen LogP contribution is -2.26. The van der Waals surface area contributed by atoms with E-state index in [2.05, 4.69) is 4.90 Å². The molecule has 0 saturated carbocycles. The van der Waals surface area contributed by atoms with Crippen molar-refractivity contribution in [2.24, 2.45) is 5.92 Å². The van der Waals surface area contributed by atoms with Crippen LogP contribution in [-0.2, 0) is 0 Å². The number of nitrogens with zero attached hydrogens (tertiary/aromatic N) is 1. The van der Waals surface area contributed by atoms with Gasteiger partial charge in [0.25, 0.3) is 0 Å². The van der Waals surface area contributed by atoms with E-state index in [-0.39, 0.29) is 0 Å². The van der Waals surface area contributed by atoms with Crippen molar-refractivity contribution in [2.75, 3.05) is 39.2 Å². The molecule has 0 aliphatic carbocycles. The fourth-order valence-corrected chi connectivity index (χ4v) is 2.84. The van der Waals surface area contributed by atoms with Gasteiger partial charge in [-0.2, -0.15) is 0 Å². The van der Waals surface area contributed by atoms with Gasteiger partial charge in [-0.15, -0.1) is 11.6 Å². The molecule has 1 aromatic carbocycles. The second-order valence-electron chi connectivity index (χ2n) is 4.93. The largest absolute Gasteiger partial charge is 0.493 e. The highest BCUT2D eigenvalue weighted by molar-refractivity contribution is 6.17. The Morgan fingerprint density at radius 2 is 2.11 bits per heavy atom. The van der Waals surface area contributed by atoms with Crippen LogP contribution in [-0.4, -0.2) is 44.1 Å². The lowest BCUT2D eigenvalue weighted by Gasteiger charge is -2.17. The zero-order chi connectivity index (χ0) is 13.5. The van der Waals surface area contributed by atoms with Crippen molar-refractivity contribution in [1.29, 1.82) is 0 Å². The van der Waals surface area contributed by atoms with Crippen LogP contribution in [0.2, 0.25) is 0 Å². The lowest BCUT2D eigenvalue weighted by atomic mass is 10.1. The first-order chi connectivity index (χ1) is 9.33. The summed E-state index contributed by atoms with van der Waals surface area (Å²) in [7, 11) is 1.67. The number of hydrogen-bond acceptors (Lipinski definition) is 3. The van der Waals surface area contributed by atoms with Crippen LogP contribution in [0.1, 0.15) is 12.8 Å². The summed E-state index contributed by atoms with van der Waals surface area (Å²) in [5.74, 6) is 3.16. The van der Waals surface area contributed by atoms with E-state index in [9.17, 15) is 0 Å². The molecule has 0 aromatic heterocycles. The van der Waals surface area contributed by atoms with E-state index in [1.807, 2.05) is 24.3 Å². The van der Waals surface area contributed by atoms with E-state index in [0.29, 0.717) is 6.61 Å². The number of rotatable bonds is 7. The first kappa shape index (κ1) is 14.5. The number of ether oxygens (including phenoxy) is 2. The van der Waals surface area contributed by atoms with Crippen molar-refractivity contribution in [3.05, 3.63) is 24.3 Å². The van der Waals surface area contributed by atoms with Crippen LogP contribution in [0.25, 0.3) is 0 Å². The minimum absolute atomic E-state index is 0.702. The van der Waals surface area contributed by atoms with Crippen LogP contribution in [0, 0.1) is 5.92 Å². The standard InChI is InChI=1S/C15H22ClNO2/c1-18-14-4-2-3-5-15(14)19-11-10-17-9-7-13(12-17)6-8-16/h2-5,13H,6-12H2,1H3. The number of halogens is 1. The van der Waals surface area contributed by atoms with Crippen LogP contribution in [0.5, 0.6) is 11.5 Å². The lowest BCUT2D eigenvalue weighted by molar-refractivity contribution is 0.226. The molecule has 1 saturated heterocycles. The van der Waals surface area contributed by atoms with Gasteiger partial charge in [0.2, 0.25) is 0 Å². The first-order valence-electron chi connectivity index (χ1n) is 6.87. The average Bonchev–Trinajstić information content (AvgIpc) is 2.87. The molecule has 1 unspecified atom stereocenters. The third-order valence-corrected chi connectivity index (χ3v) is 3.84. The predicted octanol–water partition coefficient (Wildman–Crippen LogP) is 3.02. The zero-order valence-electron chi connectivity index (χ0n) is 11.5. The van der Waals surface area contributed by atoms with Gasteiger partial charge < -0.3 is 9.47 Å². The minimum Gasteiger partial charge on any atom is -0.493 e. The summed E-state index contributed by atoms with van der Waals surface area (Å²) in [5.41, 5.74) is 0. The van der Waals surface area contributed by atoms with Gasteiger partial charge in [-0.05, 0) is 37.4 Å². The maximum Gasteiger partial charge on any atom is 0.161 e. The summed E-state index contributed by atoms with van der Waals surface area (Å²) >= 11 is 5.79. The van der Waals surface area contributed by atoms with E-state index in [0.717, 1.165) is 49.4 Å². The second kappa shape index (κ2) is 7.61. The monoisotopic (exact) mass is 283 g/mol. The van der Waals surface area contributed by atoms with Gasteiger partial charge in [0, 0.05) is 19.0 Å². The SMILES string of the molecule is COc1ccccc1OCCN1CCC(CCCl)C1. The third-order valence-electron chi connectivity index (χ3n) is 3.62. The Bertz CT molecular complexity index is 386. The Labute approximate surface area is 120 Å². The summed E-state index contributed by atoms with van der Waals surface area (Å²) < 4.78 is 11.1. The molecule has 2 rings (SSSR count). The molecule has 1 aromatic rings. The molecule has 0 spiro atoms. The summed E-state index contributed by atoms with van der Waals surface area (Å²) in [4.78, 5) is 2.45. The Morgan fingerprint density at radius 3 is 2.84 bits per heavy atom. The number of para-hydroxylation sites is 2. The van der Waals surface area contributed by atoms with Crippen molar-refractivity contribution < 1.29 is 9.47 Å². The van der Waals surface area contributed by atoms with Crippen molar-refractivity contribution >= 4 is 11.6 Å². The summed E-state index contributed by atoms with van der Waals surface area (Å²) in [6, 6.07) is 7.77. The first-order valence-corrected chi connectivity index (χ1v) is 7.41. The average molecular weight is 284 g/mol. The van der Waals surface area contributed by atoms with Gasteiger partial charge >= 0.3 is 0 Å². The minimum atomic E-state index is 0.702. The maximum atomic E-state index is 5.79. The van der Waals surface area contributed by atoms with Gasteiger partial charge in [-0.3, -0.25) is 4.90 Å². The molecule has 0 N–H and O–H groups in total. The fraction of sp³-hybridized carbons (Fsp3) is 0.600.